The van der Waals surface area contributed by atoms with Crippen LogP contribution in [-0.4, -0.2) is 38.8 Å². The quantitative estimate of drug-likeness (QED) is 0.326. The van der Waals surface area contributed by atoms with Crippen LogP contribution < -0.4 is 24.3 Å². The van der Waals surface area contributed by atoms with E-state index < -0.39 is 0 Å². The van der Waals surface area contributed by atoms with Crippen LogP contribution in [0.5, 0.6) is 23.0 Å². The molecule has 1 N–H and O–H groups in total. The highest BCUT2D eigenvalue weighted by atomic mass is 16.5. The zero-order chi connectivity index (χ0) is 24.9. The van der Waals surface area contributed by atoms with Gasteiger partial charge < -0.3 is 28.7 Å². The van der Waals surface area contributed by atoms with Crippen LogP contribution in [-0.2, 0) is 0 Å². The van der Waals surface area contributed by atoms with Crippen molar-refractivity contribution in [2.45, 2.75) is 13.8 Å². The molecule has 1 heterocycles. The lowest BCUT2D eigenvalue weighted by molar-refractivity contribution is 0.102. The number of amides is 1. The number of nitrogens with zero attached hydrogens (tertiary/aromatic N) is 1. The molecule has 4 rings (SSSR count). The van der Waals surface area contributed by atoms with Crippen LogP contribution in [0.15, 0.2) is 59.0 Å². The van der Waals surface area contributed by atoms with Gasteiger partial charge in [-0.3, -0.25) is 4.79 Å². The summed E-state index contributed by atoms with van der Waals surface area (Å²) in [5.41, 5.74) is 2.95. The van der Waals surface area contributed by atoms with E-state index in [0.29, 0.717) is 69.3 Å². The van der Waals surface area contributed by atoms with Crippen molar-refractivity contribution in [3.63, 3.8) is 0 Å². The minimum atomic E-state index is -0.243. The number of benzene rings is 3. The molecule has 1 amide bonds. The Bertz CT molecular complexity index is 1320. The van der Waals surface area contributed by atoms with Crippen molar-refractivity contribution in [3.05, 3.63) is 60.2 Å². The highest BCUT2D eigenvalue weighted by molar-refractivity contribution is 6.05. The topological polar surface area (TPSA) is 92.1 Å². The van der Waals surface area contributed by atoms with Crippen LogP contribution in [0.2, 0.25) is 0 Å². The average molecular weight is 477 g/mol. The summed E-state index contributed by atoms with van der Waals surface area (Å²) in [6.45, 7) is 4.73. The molecule has 4 aromatic rings. The van der Waals surface area contributed by atoms with Crippen LogP contribution in [0.3, 0.4) is 0 Å². The minimum absolute atomic E-state index is 0.243. The van der Waals surface area contributed by atoms with Crippen molar-refractivity contribution < 1.29 is 28.2 Å². The van der Waals surface area contributed by atoms with Gasteiger partial charge in [-0.1, -0.05) is 19.9 Å². The van der Waals surface area contributed by atoms with Crippen molar-refractivity contribution in [2.75, 3.05) is 33.3 Å². The van der Waals surface area contributed by atoms with Gasteiger partial charge in [0.25, 0.3) is 5.91 Å². The first-order chi connectivity index (χ1) is 16.9. The predicted octanol–water partition coefficient (Wildman–Crippen LogP) is 5.81. The van der Waals surface area contributed by atoms with Gasteiger partial charge in [-0.15, -0.1) is 0 Å². The van der Waals surface area contributed by atoms with E-state index in [4.69, 9.17) is 23.4 Å². The smallest absolute Gasteiger partial charge is 0.255 e. The third kappa shape index (κ3) is 5.32. The third-order valence-electron chi connectivity index (χ3n) is 5.24. The van der Waals surface area contributed by atoms with Gasteiger partial charge in [0.15, 0.2) is 17.1 Å². The molecule has 0 saturated heterocycles. The number of methoxy groups -OCH3 is 3. The summed E-state index contributed by atoms with van der Waals surface area (Å²) in [5, 5.41) is 2.91. The lowest BCUT2D eigenvalue weighted by atomic mass is 10.2. The number of carbonyl (C=O) groups excluding carboxylic acids is 1. The normalized spacial score (nSPS) is 10.9. The number of carbonyl (C=O) groups is 1. The average Bonchev–Trinajstić information content (AvgIpc) is 3.30. The second-order valence-electron chi connectivity index (χ2n) is 8.30. The van der Waals surface area contributed by atoms with Gasteiger partial charge in [0, 0.05) is 16.8 Å². The number of anilines is 1. The van der Waals surface area contributed by atoms with E-state index >= 15 is 0 Å². The molecule has 0 unspecified atom stereocenters. The fourth-order valence-corrected chi connectivity index (χ4v) is 3.53. The molecule has 0 fully saturated rings. The summed E-state index contributed by atoms with van der Waals surface area (Å²) in [5.74, 6) is 2.68. The molecule has 0 bridgehead atoms. The van der Waals surface area contributed by atoms with E-state index in [0.717, 1.165) is 0 Å². The first-order valence-electron chi connectivity index (χ1n) is 11.2. The van der Waals surface area contributed by atoms with Gasteiger partial charge in [-0.25, -0.2) is 4.98 Å². The van der Waals surface area contributed by atoms with Crippen LogP contribution >= 0.6 is 0 Å². The van der Waals surface area contributed by atoms with Gasteiger partial charge in [-0.05, 0) is 54.4 Å². The lowest BCUT2D eigenvalue weighted by Gasteiger charge is -2.12. The minimum Gasteiger partial charge on any atom is -0.493 e. The van der Waals surface area contributed by atoms with Gasteiger partial charge >= 0.3 is 0 Å². The Morgan fingerprint density at radius 3 is 2.37 bits per heavy atom. The van der Waals surface area contributed by atoms with E-state index in [1.165, 1.54) is 0 Å². The molecule has 8 nitrogen and oxygen atoms in total. The maximum atomic E-state index is 12.8. The Hall–Kier alpha value is -4.20. The monoisotopic (exact) mass is 476 g/mol. The highest BCUT2D eigenvalue weighted by Crippen LogP contribution is 2.41. The maximum Gasteiger partial charge on any atom is 0.255 e. The van der Waals surface area contributed by atoms with Crippen molar-refractivity contribution in [1.82, 2.24) is 4.98 Å². The number of nitrogens with one attached hydrogen (secondary N) is 1. The molecular formula is C27H28N2O6. The first-order valence-corrected chi connectivity index (χ1v) is 11.2. The number of aromatic nitrogens is 1. The molecule has 8 heteroatoms. The summed E-state index contributed by atoms with van der Waals surface area (Å²) in [4.78, 5) is 17.4. The van der Waals surface area contributed by atoms with Gasteiger partial charge in [0.1, 0.15) is 11.3 Å². The van der Waals surface area contributed by atoms with Gasteiger partial charge in [-0.2, -0.15) is 0 Å². The molecule has 3 aromatic carbocycles. The standard InChI is InChI=1S/C27H28N2O6/c1-16(2)15-34-20-8-6-7-17(11-20)26(30)28-19-9-10-22-21(14-19)29-27(35-22)18-12-23(31-3)25(33-5)24(13-18)32-4/h6-14,16H,15H2,1-5H3,(H,28,30). The van der Waals surface area contributed by atoms with Crippen molar-refractivity contribution >= 4 is 22.7 Å². The number of fused-ring (bicyclic) bond motifs is 1. The summed E-state index contributed by atoms with van der Waals surface area (Å²) < 4.78 is 27.9. The zero-order valence-corrected chi connectivity index (χ0v) is 20.4. The molecule has 0 aliphatic carbocycles. The summed E-state index contributed by atoms with van der Waals surface area (Å²) in [6.07, 6.45) is 0. The van der Waals surface area contributed by atoms with Crippen LogP contribution in [0.25, 0.3) is 22.6 Å². The summed E-state index contributed by atoms with van der Waals surface area (Å²) in [6, 6.07) is 15.9. The number of hydrogen-bond acceptors (Lipinski definition) is 7. The van der Waals surface area contributed by atoms with Gasteiger partial charge in [0.05, 0.1) is 27.9 Å². The van der Waals surface area contributed by atoms with E-state index in [9.17, 15) is 4.79 Å². The molecule has 0 atom stereocenters. The largest absolute Gasteiger partial charge is 0.493 e. The second-order valence-corrected chi connectivity index (χ2v) is 8.30. The number of ether oxygens (including phenoxy) is 4. The second kappa shape index (κ2) is 10.4. The number of oxazole rings is 1. The molecule has 0 spiro atoms. The Morgan fingerprint density at radius 1 is 0.971 bits per heavy atom. The van der Waals surface area contributed by atoms with Crippen LogP contribution in [0, 0.1) is 5.92 Å². The van der Waals surface area contributed by atoms with E-state index in [1.54, 1.807) is 69.9 Å². The number of rotatable bonds is 9. The fraction of sp³-hybridized carbons (Fsp3) is 0.259. The molecular weight excluding hydrogens is 448 g/mol. The Balaban J connectivity index is 1.57. The molecule has 0 saturated carbocycles. The van der Waals surface area contributed by atoms with Crippen molar-refractivity contribution in [3.8, 4) is 34.5 Å². The van der Waals surface area contributed by atoms with Gasteiger partial charge in [0.2, 0.25) is 11.6 Å². The van der Waals surface area contributed by atoms with E-state index in [-0.39, 0.29) is 5.91 Å². The zero-order valence-electron chi connectivity index (χ0n) is 20.4. The molecule has 1 aromatic heterocycles. The summed E-state index contributed by atoms with van der Waals surface area (Å²) in [7, 11) is 4.65. The lowest BCUT2D eigenvalue weighted by Crippen LogP contribution is -2.12. The third-order valence-corrected chi connectivity index (χ3v) is 5.24. The highest BCUT2D eigenvalue weighted by Gasteiger charge is 2.18. The van der Waals surface area contributed by atoms with Crippen LogP contribution in [0.4, 0.5) is 5.69 Å². The molecule has 0 aliphatic rings. The van der Waals surface area contributed by atoms with Crippen molar-refractivity contribution in [2.24, 2.45) is 5.92 Å². The predicted molar refractivity (Wildman–Crippen MR) is 134 cm³/mol. The maximum absolute atomic E-state index is 12.8. The fourth-order valence-electron chi connectivity index (χ4n) is 3.53. The van der Waals surface area contributed by atoms with Crippen molar-refractivity contribution in [1.29, 1.82) is 0 Å². The SMILES string of the molecule is COc1cc(-c2nc3cc(NC(=O)c4cccc(OCC(C)C)c4)ccc3o2)cc(OC)c1OC. The Morgan fingerprint density at radius 2 is 1.71 bits per heavy atom. The Kier molecular flexibility index (Phi) is 7.10. The first kappa shape index (κ1) is 23.9. The molecule has 0 radical (unpaired) electrons. The molecule has 35 heavy (non-hydrogen) atoms. The molecule has 182 valence electrons. The van der Waals surface area contributed by atoms with E-state index in [1.807, 2.05) is 6.07 Å². The van der Waals surface area contributed by atoms with Crippen LogP contribution in [0.1, 0.15) is 24.2 Å². The summed E-state index contributed by atoms with van der Waals surface area (Å²) >= 11 is 0. The molecule has 0 aliphatic heterocycles. The Labute approximate surface area is 203 Å². The van der Waals surface area contributed by atoms with E-state index in [2.05, 4.69) is 24.1 Å². The number of hydrogen-bond donors (Lipinski definition) is 1.